The first kappa shape index (κ1) is 23.0. The molecule has 3 aromatic carbocycles. The third-order valence-corrected chi connectivity index (χ3v) is 6.76. The summed E-state index contributed by atoms with van der Waals surface area (Å²) in [6, 6.07) is 20.7. The fourth-order valence-electron chi connectivity index (χ4n) is 2.92. The van der Waals surface area contributed by atoms with Gasteiger partial charge in [0.05, 0.1) is 16.8 Å². The van der Waals surface area contributed by atoms with E-state index in [0.717, 1.165) is 16.8 Å². The van der Waals surface area contributed by atoms with Crippen molar-refractivity contribution in [3.05, 3.63) is 89.5 Å². The summed E-state index contributed by atoms with van der Waals surface area (Å²) in [6.07, 6.45) is 1.56. The van der Waals surface area contributed by atoms with Crippen LogP contribution in [0.1, 0.15) is 21.5 Å². The number of hydrogen-bond acceptors (Lipinski definition) is 5. The number of anilines is 2. The summed E-state index contributed by atoms with van der Waals surface area (Å²) in [6.45, 7) is 1.90. The molecule has 0 atom stereocenters. The number of carbonyl (C=O) groups is 1. The molecular weight excluding hydrogens is 424 g/mol. The minimum absolute atomic E-state index is 0.209. The maximum Gasteiger partial charge on any atom is 0.271 e. The molecule has 8 heteroatoms. The van der Waals surface area contributed by atoms with Crippen molar-refractivity contribution in [1.29, 1.82) is 0 Å². The number of sulfonamides is 1. The predicted molar refractivity (Wildman–Crippen MR) is 129 cm³/mol. The van der Waals surface area contributed by atoms with Crippen molar-refractivity contribution < 1.29 is 13.2 Å². The van der Waals surface area contributed by atoms with E-state index in [1.165, 1.54) is 11.4 Å². The Balaban J connectivity index is 1.65. The number of nitrogens with one attached hydrogen (secondary N) is 1. The maximum absolute atomic E-state index is 12.8. The topological polar surface area (TPSA) is 82.1 Å². The highest BCUT2D eigenvalue weighted by atomic mass is 32.2. The van der Waals surface area contributed by atoms with E-state index in [9.17, 15) is 13.2 Å². The molecule has 0 saturated carbocycles. The molecule has 0 unspecified atom stereocenters. The number of hydrogen-bond donors (Lipinski definition) is 1. The van der Waals surface area contributed by atoms with Crippen LogP contribution >= 0.6 is 0 Å². The van der Waals surface area contributed by atoms with Crippen molar-refractivity contribution in [3.8, 4) is 0 Å². The monoisotopic (exact) mass is 450 g/mol. The van der Waals surface area contributed by atoms with Gasteiger partial charge < -0.3 is 4.90 Å². The summed E-state index contributed by atoms with van der Waals surface area (Å²) < 4.78 is 26.8. The molecule has 32 heavy (non-hydrogen) atoms. The second-order valence-electron chi connectivity index (χ2n) is 7.52. The van der Waals surface area contributed by atoms with Gasteiger partial charge in [0, 0.05) is 32.4 Å². The molecule has 0 spiro atoms. The van der Waals surface area contributed by atoms with Crippen molar-refractivity contribution in [2.24, 2.45) is 5.10 Å². The fraction of sp³-hybridized carbons (Fsp3) is 0.167. The van der Waals surface area contributed by atoms with Crippen LogP contribution in [0.3, 0.4) is 0 Å². The van der Waals surface area contributed by atoms with E-state index in [1.807, 2.05) is 50.2 Å². The quantitative estimate of drug-likeness (QED) is 0.440. The van der Waals surface area contributed by atoms with Gasteiger partial charge in [-0.1, -0.05) is 29.8 Å². The molecule has 0 aromatic heterocycles. The maximum atomic E-state index is 12.8. The highest BCUT2D eigenvalue weighted by molar-refractivity contribution is 7.92. The molecule has 1 amide bonds. The predicted octanol–water partition coefficient (Wildman–Crippen LogP) is 3.65. The minimum atomic E-state index is -3.69. The van der Waals surface area contributed by atoms with E-state index in [-0.39, 0.29) is 10.8 Å². The number of amides is 1. The van der Waals surface area contributed by atoms with Gasteiger partial charge in [0.1, 0.15) is 0 Å². The number of hydrazone groups is 1. The van der Waals surface area contributed by atoms with E-state index in [2.05, 4.69) is 10.5 Å². The lowest BCUT2D eigenvalue weighted by atomic mass is 10.2. The molecule has 0 saturated heterocycles. The first-order chi connectivity index (χ1) is 15.2. The average molecular weight is 451 g/mol. The Morgan fingerprint density at radius 1 is 0.844 bits per heavy atom. The van der Waals surface area contributed by atoms with Crippen LogP contribution in [0.25, 0.3) is 0 Å². The minimum Gasteiger partial charge on any atom is -0.378 e. The summed E-state index contributed by atoms with van der Waals surface area (Å²) in [5.41, 5.74) is 6.21. The smallest absolute Gasteiger partial charge is 0.271 e. The van der Waals surface area contributed by atoms with Gasteiger partial charge in [-0.2, -0.15) is 5.10 Å². The van der Waals surface area contributed by atoms with Crippen molar-refractivity contribution in [1.82, 2.24) is 5.43 Å². The van der Waals surface area contributed by atoms with Gasteiger partial charge in [-0.3, -0.25) is 9.10 Å². The third-order valence-electron chi connectivity index (χ3n) is 4.96. The van der Waals surface area contributed by atoms with E-state index in [4.69, 9.17) is 0 Å². The summed E-state index contributed by atoms with van der Waals surface area (Å²) in [5.74, 6) is -0.387. The normalized spacial score (nSPS) is 11.4. The van der Waals surface area contributed by atoms with Crippen LogP contribution < -0.4 is 14.6 Å². The summed E-state index contributed by atoms with van der Waals surface area (Å²) in [5, 5.41) is 3.99. The first-order valence-electron chi connectivity index (χ1n) is 9.95. The van der Waals surface area contributed by atoms with Gasteiger partial charge in [-0.15, -0.1) is 0 Å². The molecule has 7 nitrogen and oxygen atoms in total. The summed E-state index contributed by atoms with van der Waals surface area (Å²) in [7, 11) is 1.72. The zero-order valence-corrected chi connectivity index (χ0v) is 19.3. The van der Waals surface area contributed by atoms with Gasteiger partial charge in [-0.05, 0) is 61.0 Å². The Kier molecular flexibility index (Phi) is 6.95. The molecule has 0 aliphatic carbocycles. The molecule has 3 rings (SSSR count). The molecule has 0 fully saturated rings. The largest absolute Gasteiger partial charge is 0.378 e. The molecular formula is C24H26N4O3S. The Morgan fingerprint density at radius 3 is 1.97 bits per heavy atom. The van der Waals surface area contributed by atoms with Crippen LogP contribution in [0.5, 0.6) is 0 Å². The lowest BCUT2D eigenvalue weighted by molar-refractivity contribution is 0.0955. The van der Waals surface area contributed by atoms with Crippen LogP contribution in [0.2, 0.25) is 0 Å². The van der Waals surface area contributed by atoms with Crippen LogP contribution in [0.15, 0.2) is 82.8 Å². The SMILES string of the molecule is Cc1ccc(S(=O)(=O)N(C)c2ccc(C(=O)N/N=C\c3ccc(N(C)C)cc3)cc2)cc1. The van der Waals surface area contributed by atoms with Crippen LogP contribution in [-0.2, 0) is 10.0 Å². The third kappa shape index (κ3) is 5.33. The molecule has 1 N–H and O–H groups in total. The number of benzene rings is 3. The average Bonchev–Trinajstić information content (AvgIpc) is 2.79. The van der Waals surface area contributed by atoms with Gasteiger partial charge in [0.15, 0.2) is 0 Å². The number of aryl methyl sites for hydroxylation is 1. The van der Waals surface area contributed by atoms with E-state index in [0.29, 0.717) is 11.3 Å². The Morgan fingerprint density at radius 2 is 1.41 bits per heavy atom. The lowest BCUT2D eigenvalue weighted by Gasteiger charge is -2.19. The van der Waals surface area contributed by atoms with Crippen LogP contribution in [0.4, 0.5) is 11.4 Å². The standard InChI is InChI=1S/C24H26N4O3S/c1-18-5-15-23(16-6-18)32(30,31)28(4)22-13-9-20(10-14-22)24(29)26-25-17-19-7-11-21(12-8-19)27(2)3/h5-17H,1-4H3,(H,26,29)/b25-17-. The van der Waals surface area contributed by atoms with Gasteiger partial charge in [-0.25, -0.2) is 13.8 Å². The Labute approximate surface area is 189 Å². The van der Waals surface area contributed by atoms with E-state index >= 15 is 0 Å². The second-order valence-corrected chi connectivity index (χ2v) is 9.49. The molecule has 0 aliphatic rings. The Bertz CT molecular complexity index is 1200. The zero-order valence-electron chi connectivity index (χ0n) is 18.5. The van der Waals surface area contributed by atoms with E-state index in [1.54, 1.807) is 54.7 Å². The highest BCUT2D eigenvalue weighted by Crippen LogP contribution is 2.22. The lowest BCUT2D eigenvalue weighted by Crippen LogP contribution is -2.26. The highest BCUT2D eigenvalue weighted by Gasteiger charge is 2.21. The molecule has 0 bridgehead atoms. The van der Waals surface area contributed by atoms with Crippen molar-refractivity contribution >= 4 is 33.5 Å². The molecule has 0 aliphatic heterocycles. The Hall–Kier alpha value is -3.65. The number of rotatable bonds is 7. The molecule has 0 radical (unpaired) electrons. The molecule has 3 aromatic rings. The van der Waals surface area contributed by atoms with Crippen molar-refractivity contribution in [3.63, 3.8) is 0 Å². The molecule has 0 heterocycles. The van der Waals surface area contributed by atoms with Crippen molar-refractivity contribution in [2.45, 2.75) is 11.8 Å². The van der Waals surface area contributed by atoms with Crippen LogP contribution in [0, 0.1) is 6.92 Å². The molecule has 166 valence electrons. The van der Waals surface area contributed by atoms with Gasteiger partial charge in [0.25, 0.3) is 15.9 Å². The van der Waals surface area contributed by atoms with Gasteiger partial charge in [0.2, 0.25) is 0 Å². The van der Waals surface area contributed by atoms with Gasteiger partial charge >= 0.3 is 0 Å². The summed E-state index contributed by atoms with van der Waals surface area (Å²) >= 11 is 0. The fourth-order valence-corrected chi connectivity index (χ4v) is 4.11. The van der Waals surface area contributed by atoms with Crippen LogP contribution in [-0.4, -0.2) is 41.7 Å². The summed E-state index contributed by atoms with van der Waals surface area (Å²) in [4.78, 5) is 14.6. The van der Waals surface area contributed by atoms with E-state index < -0.39 is 10.0 Å². The number of nitrogens with zero attached hydrogens (tertiary/aromatic N) is 3. The first-order valence-corrected chi connectivity index (χ1v) is 11.4. The second kappa shape index (κ2) is 9.65. The number of carbonyl (C=O) groups excluding carboxylic acids is 1. The van der Waals surface area contributed by atoms with Crippen molar-refractivity contribution in [2.75, 3.05) is 30.3 Å². The zero-order chi connectivity index (χ0) is 23.3.